The topological polar surface area (TPSA) is 34.1 Å². The van der Waals surface area contributed by atoms with Crippen molar-refractivity contribution in [1.82, 2.24) is 0 Å². The fraction of sp³-hybridized carbons (Fsp3) is 0.400. The van der Waals surface area contributed by atoms with E-state index in [9.17, 15) is 47.9 Å². The molecule has 0 aromatic heterocycles. The summed E-state index contributed by atoms with van der Waals surface area (Å²) in [7, 11) is 0.300. The Hall–Kier alpha value is -1.17. The summed E-state index contributed by atoms with van der Waals surface area (Å²) in [5.41, 5.74) is -8.25. The third-order valence-electron chi connectivity index (χ3n) is 2.71. The van der Waals surface area contributed by atoms with Gasteiger partial charge in [0.1, 0.15) is 0 Å². The first-order valence-corrected chi connectivity index (χ1v) is 7.52. The van der Waals surface area contributed by atoms with Crippen molar-refractivity contribution in [2.75, 3.05) is 0 Å². The van der Waals surface area contributed by atoms with Crippen molar-refractivity contribution >= 4 is 19.7 Å². The highest BCUT2D eigenvalue weighted by molar-refractivity contribution is 8.13. The fourth-order valence-corrected chi connectivity index (χ4v) is 2.34. The Bertz CT molecular complexity index is 678. The summed E-state index contributed by atoms with van der Waals surface area (Å²) in [5, 5.41) is 0. The van der Waals surface area contributed by atoms with Crippen LogP contribution >= 0.6 is 10.7 Å². The smallest absolute Gasteiger partial charge is 0.221 e. The van der Waals surface area contributed by atoms with E-state index >= 15 is 0 Å². The molecule has 1 aromatic rings. The molecule has 1 aromatic carbocycles. The maximum atomic E-state index is 14.0. The van der Waals surface area contributed by atoms with E-state index in [1.807, 2.05) is 0 Å². The van der Waals surface area contributed by atoms with E-state index in [0.29, 0.717) is 0 Å². The van der Waals surface area contributed by atoms with Gasteiger partial charge in [-0.05, 0) is 12.1 Å². The number of alkyl halides is 9. The van der Waals surface area contributed by atoms with E-state index in [-0.39, 0.29) is 24.3 Å². The zero-order valence-electron chi connectivity index (χ0n) is 10.3. The molecule has 0 N–H and O–H groups in total. The number of hydrogen-bond acceptors (Lipinski definition) is 2. The average molecular weight is 395 g/mol. The third kappa shape index (κ3) is 3.23. The molecule has 0 aliphatic heterocycles. The molecule has 0 saturated carbocycles. The van der Waals surface area contributed by atoms with E-state index in [4.69, 9.17) is 10.7 Å². The van der Waals surface area contributed by atoms with E-state index in [1.54, 1.807) is 0 Å². The maximum Gasteiger partial charge on any atom is 0.457 e. The third-order valence-corrected chi connectivity index (χ3v) is 4.08. The van der Waals surface area contributed by atoms with Gasteiger partial charge in [-0.15, -0.1) is 0 Å². The first kappa shape index (κ1) is 19.9. The lowest BCUT2D eigenvalue weighted by Gasteiger charge is -2.36. The lowest BCUT2D eigenvalue weighted by Crippen LogP contribution is -2.59. The van der Waals surface area contributed by atoms with Gasteiger partial charge in [0, 0.05) is 16.2 Å². The predicted molar refractivity (Wildman–Crippen MR) is 59.3 cm³/mol. The van der Waals surface area contributed by atoms with Crippen LogP contribution in [0, 0.1) is 0 Å². The van der Waals surface area contributed by atoms with Gasteiger partial charge in [-0.1, -0.05) is 12.1 Å². The molecule has 132 valence electrons. The molecule has 13 heteroatoms. The summed E-state index contributed by atoms with van der Waals surface area (Å²) in [6.07, 6.45) is -13.5. The van der Waals surface area contributed by atoms with Gasteiger partial charge in [0.25, 0.3) is 9.05 Å². The molecule has 0 radical (unpaired) electrons. The minimum Gasteiger partial charge on any atom is -0.221 e. The highest BCUT2D eigenvalue weighted by Gasteiger charge is 2.81. The molecule has 0 saturated heterocycles. The van der Waals surface area contributed by atoms with Crippen LogP contribution in [0.3, 0.4) is 0 Å². The van der Waals surface area contributed by atoms with Crippen molar-refractivity contribution in [3.05, 3.63) is 29.8 Å². The van der Waals surface area contributed by atoms with Gasteiger partial charge in [-0.25, -0.2) is 12.8 Å². The van der Waals surface area contributed by atoms with E-state index in [2.05, 4.69) is 0 Å². The van der Waals surface area contributed by atoms with Crippen molar-refractivity contribution in [2.24, 2.45) is 0 Å². The van der Waals surface area contributed by atoms with Crippen LogP contribution in [0.1, 0.15) is 5.56 Å². The first-order chi connectivity index (χ1) is 9.96. The highest BCUT2D eigenvalue weighted by Crippen LogP contribution is 2.58. The summed E-state index contributed by atoms with van der Waals surface area (Å²) in [5.74, 6) is -6.82. The van der Waals surface area contributed by atoms with Crippen molar-refractivity contribution in [3.63, 3.8) is 0 Å². The Morgan fingerprint density at radius 3 is 1.39 bits per heavy atom. The van der Waals surface area contributed by atoms with Crippen molar-refractivity contribution in [1.29, 1.82) is 0 Å². The molecule has 1 rings (SSSR count). The summed E-state index contributed by atoms with van der Waals surface area (Å²) < 4.78 is 137. The maximum absolute atomic E-state index is 14.0. The van der Waals surface area contributed by atoms with Crippen LogP contribution < -0.4 is 0 Å². The molecule has 0 amide bonds. The minimum absolute atomic E-state index is 0.164. The highest BCUT2D eigenvalue weighted by atomic mass is 35.7. The monoisotopic (exact) mass is 394 g/mol. The molecule has 0 spiro atoms. The Kier molecular flexibility index (Phi) is 4.69. The van der Waals surface area contributed by atoms with Crippen LogP contribution in [0.25, 0.3) is 0 Å². The molecule has 0 bridgehead atoms. The second-order valence-electron chi connectivity index (χ2n) is 4.19. The Morgan fingerprint density at radius 2 is 1.13 bits per heavy atom. The van der Waals surface area contributed by atoms with Gasteiger partial charge in [0.2, 0.25) is 0 Å². The van der Waals surface area contributed by atoms with Crippen molar-refractivity contribution in [3.8, 4) is 0 Å². The second kappa shape index (κ2) is 5.43. The quantitative estimate of drug-likeness (QED) is 0.557. The molecule has 0 aliphatic rings. The van der Waals surface area contributed by atoms with E-state index in [1.165, 1.54) is 0 Å². The van der Waals surface area contributed by atoms with Crippen LogP contribution in [0.2, 0.25) is 0 Å². The average Bonchev–Trinajstić information content (AvgIpc) is 2.34. The van der Waals surface area contributed by atoms with Gasteiger partial charge in [0.05, 0.1) is 4.90 Å². The molecule has 1 unspecified atom stereocenters. The molecular formula is C10H4ClF9O2S. The van der Waals surface area contributed by atoms with E-state index < -0.39 is 43.5 Å². The number of hydrogen-bond donors (Lipinski definition) is 0. The molecule has 0 fully saturated rings. The van der Waals surface area contributed by atoms with Crippen molar-refractivity contribution < 1.29 is 47.9 Å². The second-order valence-corrected chi connectivity index (χ2v) is 6.76. The number of benzene rings is 1. The Balaban J connectivity index is 3.63. The van der Waals surface area contributed by atoms with Crippen LogP contribution in [-0.4, -0.2) is 26.7 Å². The standard InChI is InChI=1S/C10H4ClF9O2S/c11-23(21,22)6-3-1-5(2-4-6)7(12,9(15,16)17)8(13,14)10(18,19)20/h1-4H. The summed E-state index contributed by atoms with van der Waals surface area (Å²) in [6.45, 7) is 0. The minimum atomic E-state index is -6.85. The Labute approximate surface area is 127 Å². The van der Waals surface area contributed by atoms with Gasteiger partial charge < -0.3 is 0 Å². The fourth-order valence-electron chi connectivity index (χ4n) is 1.57. The van der Waals surface area contributed by atoms with Crippen LogP contribution in [0.4, 0.5) is 39.5 Å². The zero-order valence-corrected chi connectivity index (χ0v) is 11.9. The van der Waals surface area contributed by atoms with Gasteiger partial charge in [0.15, 0.2) is 0 Å². The largest absolute Gasteiger partial charge is 0.457 e. The van der Waals surface area contributed by atoms with Crippen LogP contribution in [-0.2, 0) is 14.7 Å². The summed E-state index contributed by atoms with van der Waals surface area (Å²) in [6, 6.07) is 0.0131. The van der Waals surface area contributed by atoms with Gasteiger partial charge >= 0.3 is 23.9 Å². The van der Waals surface area contributed by atoms with Crippen molar-refractivity contribution in [2.45, 2.75) is 28.8 Å². The van der Waals surface area contributed by atoms with Crippen LogP contribution in [0.15, 0.2) is 29.2 Å². The summed E-state index contributed by atoms with van der Waals surface area (Å²) in [4.78, 5) is -0.914. The molecule has 0 heterocycles. The van der Waals surface area contributed by atoms with Gasteiger partial charge in [-0.3, -0.25) is 0 Å². The summed E-state index contributed by atoms with van der Waals surface area (Å²) >= 11 is 0. The first-order valence-electron chi connectivity index (χ1n) is 5.21. The molecular weight excluding hydrogens is 391 g/mol. The number of halogens is 10. The SMILES string of the molecule is O=S(=O)(Cl)c1ccc(C(F)(C(F)(F)F)C(F)(F)C(F)(F)F)cc1. The van der Waals surface area contributed by atoms with Crippen LogP contribution in [0.5, 0.6) is 0 Å². The normalized spacial score (nSPS) is 17.0. The molecule has 2 nitrogen and oxygen atoms in total. The van der Waals surface area contributed by atoms with E-state index in [0.717, 1.165) is 0 Å². The lowest BCUT2D eigenvalue weighted by atomic mass is 9.88. The predicted octanol–water partition coefficient (Wildman–Crippen LogP) is 4.54. The number of rotatable bonds is 3. The lowest BCUT2D eigenvalue weighted by molar-refractivity contribution is -0.389. The Morgan fingerprint density at radius 1 is 0.739 bits per heavy atom. The zero-order chi connectivity index (χ0) is 18.5. The molecule has 23 heavy (non-hydrogen) atoms. The molecule has 0 aliphatic carbocycles. The van der Waals surface area contributed by atoms with Gasteiger partial charge in [-0.2, -0.15) is 35.1 Å². The molecule has 1 atom stereocenters.